The molecule has 0 aromatic heterocycles. The van der Waals surface area contributed by atoms with E-state index < -0.39 is 0 Å². The molecule has 0 aliphatic heterocycles. The van der Waals surface area contributed by atoms with Crippen LogP contribution in [0.25, 0.3) is 0 Å². The van der Waals surface area contributed by atoms with Crippen molar-refractivity contribution in [1.82, 2.24) is 5.43 Å². The summed E-state index contributed by atoms with van der Waals surface area (Å²) in [6.45, 7) is 4.00. The van der Waals surface area contributed by atoms with Gasteiger partial charge in [-0.2, -0.15) is 15.0 Å². The van der Waals surface area contributed by atoms with Crippen LogP contribution in [-0.2, 0) is 6.42 Å². The molecule has 0 radical (unpaired) electrons. The van der Waals surface area contributed by atoms with Crippen molar-refractivity contribution in [2.75, 3.05) is 5.32 Å². The van der Waals surface area contributed by atoms with Crippen LogP contribution in [0, 0.1) is 0 Å². The van der Waals surface area contributed by atoms with Gasteiger partial charge in [-0.1, -0.05) is 32.0 Å². The molecule has 0 fully saturated rings. The molecule has 0 saturated heterocycles. The van der Waals surface area contributed by atoms with Crippen LogP contribution in [0.4, 0.5) is 10.5 Å². The van der Waals surface area contributed by atoms with Crippen molar-refractivity contribution in [1.29, 1.82) is 0 Å². The summed E-state index contributed by atoms with van der Waals surface area (Å²) in [5.74, 6) is 0. The number of carbonyl (C=O) groups excluding carboxylic acids is 1. The maximum Gasteiger partial charge on any atom is 0.339 e. The van der Waals surface area contributed by atoms with E-state index >= 15 is 0 Å². The summed E-state index contributed by atoms with van der Waals surface area (Å²) in [6.07, 6.45) is 3.33. The highest BCUT2D eigenvalue weighted by Crippen LogP contribution is 2.14. The first kappa shape index (κ1) is 15.6. The van der Waals surface area contributed by atoms with Crippen LogP contribution in [0.3, 0.4) is 0 Å². The number of urea groups is 1. The number of carbonyl (C=O) groups is 1. The Morgan fingerprint density at radius 1 is 1.41 bits per heavy atom. The van der Waals surface area contributed by atoms with Gasteiger partial charge in [-0.25, -0.2) is 10.2 Å². The largest absolute Gasteiger partial charge is 0.339 e. The van der Waals surface area contributed by atoms with Crippen LogP contribution >= 0.6 is 9.90 Å². The molecule has 2 N–H and O–H groups in total. The third kappa shape index (κ3) is 5.45. The molecular weight excluding hydrogens is 233 g/mol. The molecule has 0 aliphatic carbocycles. The Bertz CT molecular complexity index is 389. The minimum atomic E-state index is -0.314. The maximum atomic E-state index is 11.4. The summed E-state index contributed by atoms with van der Waals surface area (Å²) in [4.78, 5) is 11.4. The van der Waals surface area contributed by atoms with E-state index in [4.69, 9.17) is 0 Å². The zero-order valence-corrected chi connectivity index (χ0v) is 11.8. The Balaban J connectivity index is -0.000000853. The van der Waals surface area contributed by atoms with Crippen molar-refractivity contribution < 1.29 is 7.65 Å². The predicted octanol–water partition coefficient (Wildman–Crippen LogP) is 3.32. The topological polar surface area (TPSA) is 53.5 Å². The molecule has 0 saturated carbocycles. The second-order valence-electron chi connectivity index (χ2n) is 3.30. The Hall–Kier alpha value is -1.41. The predicted molar refractivity (Wildman–Crippen MR) is 82.1 cm³/mol. The summed E-state index contributed by atoms with van der Waals surface area (Å²) in [5, 5.41) is 6.51. The van der Waals surface area contributed by atoms with Crippen LogP contribution in [0.1, 0.15) is 28.7 Å². The molecule has 0 heterocycles. The fraction of sp³-hybridized carbons (Fsp3) is 0.333. The standard InChI is InChI=1S/C12H17N3O.H3P.2H2/c1-3-9-13-15-12(16)14-11-8-6-5-7-10(11)4-2;;;/h5-9H,3-4H2,1-2H3,(H2,14,15,16);1H3;2*1H/b13-9+;;;. The maximum absolute atomic E-state index is 11.4. The number of amides is 2. The molecular formula is C12H24N3OP. The lowest BCUT2D eigenvalue weighted by atomic mass is 10.1. The summed E-state index contributed by atoms with van der Waals surface area (Å²) < 4.78 is 0. The first-order valence-electron chi connectivity index (χ1n) is 5.44. The summed E-state index contributed by atoms with van der Waals surface area (Å²) in [5.41, 5.74) is 4.34. The van der Waals surface area contributed by atoms with Gasteiger partial charge in [0.25, 0.3) is 0 Å². The van der Waals surface area contributed by atoms with E-state index in [1.807, 2.05) is 38.1 Å². The zero-order chi connectivity index (χ0) is 11.8. The van der Waals surface area contributed by atoms with E-state index in [0.717, 1.165) is 24.1 Å². The number of hydrogen-bond acceptors (Lipinski definition) is 2. The Morgan fingerprint density at radius 3 is 2.76 bits per heavy atom. The van der Waals surface area contributed by atoms with Crippen molar-refractivity contribution in [3.8, 4) is 0 Å². The third-order valence-corrected chi connectivity index (χ3v) is 2.09. The highest BCUT2D eigenvalue weighted by Gasteiger charge is 2.03. The smallest absolute Gasteiger partial charge is 0.306 e. The van der Waals surface area contributed by atoms with Gasteiger partial charge in [0.15, 0.2) is 0 Å². The number of benzene rings is 1. The molecule has 4 nitrogen and oxygen atoms in total. The molecule has 0 aliphatic rings. The zero-order valence-electron chi connectivity index (χ0n) is 10.4. The minimum Gasteiger partial charge on any atom is -0.306 e. The number of aryl methyl sites for hydroxylation is 1. The Kier molecular flexibility index (Phi) is 7.99. The first-order chi connectivity index (χ1) is 7.77. The van der Waals surface area contributed by atoms with Gasteiger partial charge in [-0.15, -0.1) is 0 Å². The quantitative estimate of drug-likeness (QED) is 0.485. The molecule has 1 atom stereocenters. The molecule has 5 heteroatoms. The Labute approximate surface area is 108 Å². The fourth-order valence-corrected chi connectivity index (χ4v) is 1.30. The number of para-hydroxylation sites is 1. The van der Waals surface area contributed by atoms with Gasteiger partial charge in [-0.3, -0.25) is 0 Å². The van der Waals surface area contributed by atoms with Gasteiger partial charge in [0.05, 0.1) is 0 Å². The van der Waals surface area contributed by atoms with Crippen molar-refractivity contribution in [2.24, 2.45) is 5.10 Å². The van der Waals surface area contributed by atoms with E-state index in [-0.39, 0.29) is 18.8 Å². The fourth-order valence-electron chi connectivity index (χ4n) is 1.30. The monoisotopic (exact) mass is 257 g/mol. The second kappa shape index (κ2) is 8.71. The van der Waals surface area contributed by atoms with E-state index in [2.05, 4.69) is 15.8 Å². The molecule has 98 valence electrons. The summed E-state index contributed by atoms with van der Waals surface area (Å²) in [7, 11) is 0. The first-order valence-corrected chi connectivity index (χ1v) is 5.44. The molecule has 1 aromatic rings. The van der Waals surface area contributed by atoms with Crippen molar-refractivity contribution >= 4 is 27.8 Å². The molecule has 0 spiro atoms. The number of hydrazone groups is 1. The summed E-state index contributed by atoms with van der Waals surface area (Å²) in [6, 6.07) is 7.40. The molecule has 17 heavy (non-hydrogen) atoms. The van der Waals surface area contributed by atoms with Gasteiger partial charge in [0.2, 0.25) is 0 Å². The van der Waals surface area contributed by atoms with Crippen molar-refractivity contribution in [3.63, 3.8) is 0 Å². The average Bonchev–Trinajstić information content (AvgIpc) is 2.30. The van der Waals surface area contributed by atoms with E-state index in [9.17, 15) is 4.79 Å². The van der Waals surface area contributed by atoms with Crippen LogP contribution in [-0.4, -0.2) is 12.2 Å². The van der Waals surface area contributed by atoms with E-state index in [1.54, 1.807) is 6.21 Å². The molecule has 1 rings (SSSR count). The van der Waals surface area contributed by atoms with Crippen LogP contribution < -0.4 is 10.7 Å². The van der Waals surface area contributed by atoms with Gasteiger partial charge in [0.1, 0.15) is 0 Å². The Morgan fingerprint density at radius 2 is 2.12 bits per heavy atom. The highest BCUT2D eigenvalue weighted by atomic mass is 31.0. The van der Waals surface area contributed by atoms with Gasteiger partial charge in [0, 0.05) is 14.8 Å². The van der Waals surface area contributed by atoms with Crippen molar-refractivity contribution in [3.05, 3.63) is 29.8 Å². The molecule has 1 unspecified atom stereocenters. The van der Waals surface area contributed by atoms with Crippen LogP contribution in [0.5, 0.6) is 0 Å². The second-order valence-corrected chi connectivity index (χ2v) is 3.30. The van der Waals surface area contributed by atoms with Crippen LogP contribution in [0.2, 0.25) is 0 Å². The normalized spacial score (nSPS) is 9.76. The van der Waals surface area contributed by atoms with Crippen molar-refractivity contribution in [2.45, 2.75) is 26.7 Å². The van der Waals surface area contributed by atoms with Gasteiger partial charge < -0.3 is 5.32 Å². The lowest BCUT2D eigenvalue weighted by molar-refractivity contribution is 0.252. The van der Waals surface area contributed by atoms with E-state index in [0.29, 0.717) is 0 Å². The number of hydrogen-bond donors (Lipinski definition) is 2. The molecule has 1 aromatic carbocycles. The third-order valence-electron chi connectivity index (χ3n) is 2.09. The highest BCUT2D eigenvalue weighted by molar-refractivity contribution is 6.92. The number of nitrogens with one attached hydrogen (secondary N) is 2. The van der Waals surface area contributed by atoms with Gasteiger partial charge in [-0.05, 0) is 24.5 Å². The summed E-state index contributed by atoms with van der Waals surface area (Å²) >= 11 is 0. The number of anilines is 1. The number of nitrogens with zero attached hydrogens (tertiary/aromatic N) is 1. The molecule has 0 bridgehead atoms. The van der Waals surface area contributed by atoms with Gasteiger partial charge >= 0.3 is 6.03 Å². The lowest BCUT2D eigenvalue weighted by Gasteiger charge is -2.08. The molecule has 2 amide bonds. The van der Waals surface area contributed by atoms with E-state index in [1.165, 1.54) is 0 Å². The SMILES string of the molecule is CC/C=N/NC(=O)Nc1ccccc1CC.P.[HH].[HH]. The van der Waals surface area contributed by atoms with Crippen LogP contribution in [0.15, 0.2) is 29.4 Å². The minimum absolute atomic E-state index is 0. The average molecular weight is 257 g/mol. The number of rotatable bonds is 4. The lowest BCUT2D eigenvalue weighted by Crippen LogP contribution is -2.24.